The zero-order valence-corrected chi connectivity index (χ0v) is 10.1. The van der Waals surface area contributed by atoms with Crippen LogP contribution in [-0.2, 0) is 4.79 Å². The number of para-hydroxylation sites is 1. The molecule has 88 valence electrons. The molecule has 1 heterocycles. The Bertz CT molecular complexity index is 524. The van der Waals surface area contributed by atoms with Crippen LogP contribution >= 0.6 is 0 Å². The van der Waals surface area contributed by atoms with Gasteiger partial charge in [-0.05, 0) is 32.1 Å². The normalized spacial score (nSPS) is 15.9. The van der Waals surface area contributed by atoms with Gasteiger partial charge in [-0.3, -0.25) is 4.79 Å². The van der Waals surface area contributed by atoms with Gasteiger partial charge in [-0.25, -0.2) is 0 Å². The summed E-state index contributed by atoms with van der Waals surface area (Å²) >= 11 is 0. The van der Waals surface area contributed by atoms with E-state index >= 15 is 0 Å². The van der Waals surface area contributed by atoms with Gasteiger partial charge < -0.3 is 9.47 Å². The number of allylic oxidation sites excluding steroid dienone is 2. The molecule has 0 saturated heterocycles. The van der Waals surface area contributed by atoms with Crippen LogP contribution in [0.3, 0.4) is 0 Å². The van der Waals surface area contributed by atoms with Crippen molar-refractivity contribution in [3.8, 4) is 11.5 Å². The summed E-state index contributed by atoms with van der Waals surface area (Å²) < 4.78 is 11.0. The quantitative estimate of drug-likeness (QED) is 0.733. The van der Waals surface area contributed by atoms with E-state index in [1.807, 2.05) is 24.3 Å². The number of ether oxygens (including phenoxy) is 2. The van der Waals surface area contributed by atoms with Crippen LogP contribution in [0.2, 0.25) is 0 Å². The third kappa shape index (κ3) is 2.09. The Hall–Kier alpha value is -2.03. The molecule has 3 heteroatoms. The van der Waals surface area contributed by atoms with Gasteiger partial charge in [-0.2, -0.15) is 0 Å². The fourth-order valence-electron chi connectivity index (χ4n) is 1.62. The lowest BCUT2D eigenvalue weighted by atomic mass is 10.1. The molecule has 3 nitrogen and oxygen atoms in total. The maximum absolute atomic E-state index is 11.3. The maximum Gasteiger partial charge on any atom is 0.176 e. The average Bonchev–Trinajstić information content (AvgIpc) is 2.36. The van der Waals surface area contributed by atoms with Crippen LogP contribution in [-0.4, -0.2) is 12.9 Å². The van der Waals surface area contributed by atoms with Crippen LogP contribution in [0.15, 0.2) is 35.6 Å². The number of benzene rings is 1. The summed E-state index contributed by atoms with van der Waals surface area (Å²) in [6, 6.07) is 5.67. The molecule has 0 saturated carbocycles. The second-order valence-electron chi connectivity index (χ2n) is 3.86. The number of hydrogen-bond acceptors (Lipinski definition) is 3. The first-order chi connectivity index (χ1) is 8.13. The molecule has 0 bridgehead atoms. The number of rotatable bonds is 2. The lowest BCUT2D eigenvalue weighted by Crippen LogP contribution is -2.06. The van der Waals surface area contributed by atoms with Crippen LogP contribution in [0.1, 0.15) is 19.4 Å². The molecular weight excluding hydrogens is 216 g/mol. The number of hydrogen-bond donors (Lipinski definition) is 0. The van der Waals surface area contributed by atoms with Gasteiger partial charge in [0.2, 0.25) is 0 Å². The van der Waals surface area contributed by atoms with Crippen molar-refractivity contribution in [1.82, 2.24) is 0 Å². The Morgan fingerprint density at radius 2 is 2.00 bits per heavy atom. The molecule has 1 aliphatic rings. The highest BCUT2D eigenvalue weighted by Gasteiger charge is 2.17. The van der Waals surface area contributed by atoms with Gasteiger partial charge in [0.05, 0.1) is 7.11 Å². The molecule has 1 aromatic carbocycles. The molecule has 0 unspecified atom stereocenters. The van der Waals surface area contributed by atoms with Crippen molar-refractivity contribution < 1.29 is 14.3 Å². The summed E-state index contributed by atoms with van der Waals surface area (Å²) in [5.41, 5.74) is 1.56. The van der Waals surface area contributed by atoms with E-state index in [1.165, 1.54) is 6.92 Å². The molecule has 2 rings (SSSR count). The maximum atomic E-state index is 11.3. The summed E-state index contributed by atoms with van der Waals surface area (Å²) in [5, 5.41) is 0. The van der Waals surface area contributed by atoms with Crippen molar-refractivity contribution in [3.05, 3.63) is 41.2 Å². The van der Waals surface area contributed by atoms with Crippen LogP contribution in [0.5, 0.6) is 11.5 Å². The van der Waals surface area contributed by atoms with Gasteiger partial charge in [0.15, 0.2) is 17.3 Å². The number of fused-ring (bicyclic) bond motifs is 1. The van der Waals surface area contributed by atoms with Gasteiger partial charge >= 0.3 is 0 Å². The van der Waals surface area contributed by atoms with Crippen LogP contribution in [0.25, 0.3) is 6.08 Å². The molecule has 0 atom stereocenters. The van der Waals surface area contributed by atoms with Gasteiger partial charge in [-0.1, -0.05) is 12.1 Å². The fourth-order valence-corrected chi connectivity index (χ4v) is 1.62. The van der Waals surface area contributed by atoms with Crippen LogP contribution in [0, 0.1) is 0 Å². The van der Waals surface area contributed by atoms with Crippen LogP contribution < -0.4 is 9.47 Å². The second-order valence-corrected chi connectivity index (χ2v) is 3.86. The Kier molecular flexibility index (Phi) is 3.00. The monoisotopic (exact) mass is 230 g/mol. The molecular formula is C14H14O3. The summed E-state index contributed by atoms with van der Waals surface area (Å²) in [6.07, 6.45) is 3.72. The predicted octanol–water partition coefficient (Wildman–Crippen LogP) is 2.96. The zero-order chi connectivity index (χ0) is 12.4. The van der Waals surface area contributed by atoms with Crippen molar-refractivity contribution >= 4 is 11.9 Å². The molecule has 0 aromatic heterocycles. The van der Waals surface area contributed by atoms with Gasteiger partial charge in [-0.15, -0.1) is 0 Å². The summed E-state index contributed by atoms with van der Waals surface area (Å²) in [4.78, 5) is 11.3. The van der Waals surface area contributed by atoms with E-state index in [2.05, 4.69) is 0 Å². The molecule has 0 amide bonds. The lowest BCUT2D eigenvalue weighted by molar-refractivity contribution is -0.113. The molecule has 0 N–H and O–H groups in total. The highest BCUT2D eigenvalue weighted by molar-refractivity contribution is 5.94. The standard InChI is InChI=1S/C14H14O3/c1-9(10(2)15)12-8-7-11-5-4-6-13(16-3)14(11)17-12/h4-8H,1-3H3/b12-9+. The minimum absolute atomic E-state index is 0.00278. The summed E-state index contributed by atoms with van der Waals surface area (Å²) in [5.74, 6) is 1.91. The number of Topliss-reactive ketones (excluding diaryl/α,β-unsaturated/α-hetero) is 1. The first kappa shape index (κ1) is 11.5. The molecule has 1 aliphatic heterocycles. The van der Waals surface area contributed by atoms with E-state index in [1.54, 1.807) is 20.1 Å². The summed E-state index contributed by atoms with van der Waals surface area (Å²) in [7, 11) is 1.60. The van der Waals surface area contributed by atoms with E-state index in [-0.39, 0.29) is 5.78 Å². The van der Waals surface area contributed by atoms with Gasteiger partial charge in [0.25, 0.3) is 0 Å². The smallest absolute Gasteiger partial charge is 0.176 e. The van der Waals surface area contributed by atoms with Gasteiger partial charge in [0.1, 0.15) is 5.76 Å². The van der Waals surface area contributed by atoms with Crippen molar-refractivity contribution in [2.45, 2.75) is 13.8 Å². The molecule has 0 spiro atoms. The number of carbonyl (C=O) groups is 1. The third-order valence-corrected chi connectivity index (χ3v) is 2.75. The van der Waals surface area contributed by atoms with Crippen LogP contribution in [0.4, 0.5) is 0 Å². The molecule has 0 radical (unpaired) electrons. The first-order valence-electron chi connectivity index (χ1n) is 5.38. The molecule has 0 fully saturated rings. The second kappa shape index (κ2) is 4.45. The Labute approximate surface area is 100 Å². The number of ketones is 1. The molecule has 1 aromatic rings. The van der Waals surface area contributed by atoms with Crippen molar-refractivity contribution in [2.24, 2.45) is 0 Å². The van der Waals surface area contributed by atoms with E-state index in [0.717, 1.165) is 5.56 Å². The topological polar surface area (TPSA) is 35.5 Å². The average molecular weight is 230 g/mol. The van der Waals surface area contributed by atoms with Gasteiger partial charge in [0, 0.05) is 11.1 Å². The van der Waals surface area contributed by atoms with E-state index in [0.29, 0.717) is 22.8 Å². The minimum Gasteiger partial charge on any atom is -0.493 e. The largest absolute Gasteiger partial charge is 0.493 e. The number of methoxy groups -OCH3 is 1. The van der Waals surface area contributed by atoms with Crippen molar-refractivity contribution in [2.75, 3.05) is 7.11 Å². The predicted molar refractivity (Wildman–Crippen MR) is 66.0 cm³/mol. The molecule has 0 aliphatic carbocycles. The Morgan fingerprint density at radius 3 is 2.65 bits per heavy atom. The summed E-state index contributed by atoms with van der Waals surface area (Å²) in [6.45, 7) is 3.28. The van der Waals surface area contributed by atoms with Crippen molar-refractivity contribution in [1.29, 1.82) is 0 Å². The highest BCUT2D eigenvalue weighted by atomic mass is 16.5. The fraction of sp³-hybridized carbons (Fsp3) is 0.214. The lowest BCUT2D eigenvalue weighted by Gasteiger charge is -2.18. The third-order valence-electron chi connectivity index (χ3n) is 2.75. The van der Waals surface area contributed by atoms with E-state index < -0.39 is 0 Å². The Morgan fingerprint density at radius 1 is 1.24 bits per heavy atom. The minimum atomic E-state index is 0.00278. The Balaban J connectivity index is 2.49. The van der Waals surface area contributed by atoms with E-state index in [4.69, 9.17) is 9.47 Å². The molecule has 17 heavy (non-hydrogen) atoms. The highest BCUT2D eigenvalue weighted by Crippen LogP contribution is 2.37. The van der Waals surface area contributed by atoms with Crippen molar-refractivity contribution in [3.63, 3.8) is 0 Å². The first-order valence-corrected chi connectivity index (χ1v) is 5.38. The number of carbonyl (C=O) groups excluding carboxylic acids is 1. The SMILES string of the molecule is COc1cccc2c1O/C(=C(\C)C(C)=O)C=C2. The zero-order valence-electron chi connectivity index (χ0n) is 10.1. The van der Waals surface area contributed by atoms with E-state index in [9.17, 15) is 4.79 Å².